The van der Waals surface area contributed by atoms with E-state index in [9.17, 15) is 4.79 Å². The highest BCUT2D eigenvalue weighted by Crippen LogP contribution is 2.10. The van der Waals surface area contributed by atoms with Crippen molar-refractivity contribution in [2.75, 3.05) is 20.1 Å². The summed E-state index contributed by atoms with van der Waals surface area (Å²) in [4.78, 5) is 13.0. The van der Waals surface area contributed by atoms with Gasteiger partial charge in [-0.15, -0.1) is 0 Å². The third kappa shape index (κ3) is 5.97. The molecule has 1 aromatic rings. The Bertz CT molecular complexity index is 367. The fourth-order valence-electron chi connectivity index (χ4n) is 2.09. The Hall–Kier alpha value is -1.15. The Kier molecular flexibility index (Phi) is 6.06. The molecule has 0 bridgehead atoms. The molecule has 0 amide bonds. The molecule has 0 aliphatic carbocycles. The van der Waals surface area contributed by atoms with E-state index in [2.05, 4.69) is 43.0 Å². The Morgan fingerprint density at radius 2 is 1.72 bits per heavy atom. The van der Waals surface area contributed by atoms with Crippen LogP contribution in [0, 0.1) is 5.92 Å². The summed E-state index contributed by atoms with van der Waals surface area (Å²) in [6.07, 6.45) is 2.15. The minimum Gasteiger partial charge on any atom is -0.299 e. The molecule has 0 unspecified atom stereocenters. The van der Waals surface area contributed by atoms with Crippen LogP contribution in [-0.4, -0.2) is 30.8 Å². The van der Waals surface area contributed by atoms with E-state index in [0.717, 1.165) is 19.4 Å². The molecular formula is C16H25NO. The molecule has 0 aromatic heterocycles. The van der Waals surface area contributed by atoms with Crippen LogP contribution in [0.2, 0.25) is 0 Å². The molecule has 0 aliphatic rings. The maximum atomic E-state index is 11.0. The van der Waals surface area contributed by atoms with Crippen LogP contribution in [0.4, 0.5) is 0 Å². The number of ketones is 1. The number of hydrogen-bond acceptors (Lipinski definition) is 2. The van der Waals surface area contributed by atoms with Crippen LogP contribution in [0.1, 0.15) is 31.9 Å². The molecular weight excluding hydrogens is 222 g/mol. The monoisotopic (exact) mass is 247 g/mol. The van der Waals surface area contributed by atoms with E-state index in [-0.39, 0.29) is 5.78 Å². The molecule has 0 aliphatic heterocycles. The summed E-state index contributed by atoms with van der Waals surface area (Å²) in [5.41, 5.74) is 2.75. The van der Waals surface area contributed by atoms with Gasteiger partial charge >= 0.3 is 0 Å². The number of carbonyl (C=O) groups is 1. The molecule has 0 N–H and O–H groups in total. The van der Waals surface area contributed by atoms with E-state index in [4.69, 9.17) is 0 Å². The van der Waals surface area contributed by atoms with Crippen LogP contribution in [0.15, 0.2) is 24.3 Å². The maximum absolute atomic E-state index is 11.0. The fraction of sp³-hybridized carbons (Fsp3) is 0.562. The summed E-state index contributed by atoms with van der Waals surface area (Å²) in [6.45, 7) is 7.60. The smallest absolute Gasteiger partial charge is 0.143 e. The van der Waals surface area contributed by atoms with Gasteiger partial charge in [0.2, 0.25) is 0 Å². The highest BCUT2D eigenvalue weighted by atomic mass is 16.1. The summed E-state index contributed by atoms with van der Waals surface area (Å²) < 4.78 is 0. The van der Waals surface area contributed by atoms with Crippen molar-refractivity contribution in [3.05, 3.63) is 35.4 Å². The van der Waals surface area contributed by atoms with Gasteiger partial charge < -0.3 is 0 Å². The summed E-state index contributed by atoms with van der Waals surface area (Å²) in [5.74, 6) is 0.933. The third-order valence-corrected chi connectivity index (χ3v) is 2.94. The normalized spacial score (nSPS) is 11.2. The minimum absolute atomic E-state index is 0.227. The topological polar surface area (TPSA) is 20.3 Å². The minimum atomic E-state index is 0.227. The first-order valence-electron chi connectivity index (χ1n) is 6.73. The van der Waals surface area contributed by atoms with Crippen molar-refractivity contribution in [2.24, 2.45) is 5.92 Å². The summed E-state index contributed by atoms with van der Waals surface area (Å²) in [6, 6.07) is 8.86. The molecule has 0 heterocycles. The van der Waals surface area contributed by atoms with E-state index in [1.807, 2.05) is 7.05 Å². The highest BCUT2D eigenvalue weighted by Gasteiger charge is 2.03. The van der Waals surface area contributed by atoms with Crippen LogP contribution in [0.5, 0.6) is 0 Å². The molecule has 100 valence electrons. The Labute approximate surface area is 111 Å². The second-order valence-electron chi connectivity index (χ2n) is 5.60. The Morgan fingerprint density at radius 3 is 2.22 bits per heavy atom. The van der Waals surface area contributed by atoms with Gasteiger partial charge in [0.15, 0.2) is 0 Å². The molecule has 0 atom stereocenters. The van der Waals surface area contributed by atoms with Crippen molar-refractivity contribution in [3.63, 3.8) is 0 Å². The van der Waals surface area contributed by atoms with E-state index in [1.165, 1.54) is 11.1 Å². The molecule has 2 heteroatoms. The van der Waals surface area contributed by atoms with Crippen LogP contribution in [0.3, 0.4) is 0 Å². The third-order valence-electron chi connectivity index (χ3n) is 2.94. The first kappa shape index (κ1) is 14.9. The van der Waals surface area contributed by atoms with Crippen LogP contribution in [0.25, 0.3) is 0 Å². The average molecular weight is 247 g/mol. The van der Waals surface area contributed by atoms with Gasteiger partial charge in [-0.25, -0.2) is 0 Å². The lowest BCUT2D eigenvalue weighted by Crippen LogP contribution is -2.26. The van der Waals surface area contributed by atoms with Crippen molar-refractivity contribution in [3.8, 4) is 0 Å². The van der Waals surface area contributed by atoms with Gasteiger partial charge in [0.05, 0.1) is 6.54 Å². The molecule has 1 aromatic carbocycles. The standard InChI is InChI=1S/C16H25NO/c1-13(2)11-16-7-5-15(6-8-16)9-10-17(4)12-14(3)18/h5-8,13H,9-12H2,1-4H3. The molecule has 0 radical (unpaired) electrons. The number of carbonyl (C=O) groups excluding carboxylic acids is 1. The zero-order valence-electron chi connectivity index (χ0n) is 12.1. The van der Waals surface area contributed by atoms with Crippen molar-refractivity contribution in [2.45, 2.75) is 33.6 Å². The molecule has 0 saturated heterocycles. The predicted molar refractivity (Wildman–Crippen MR) is 76.9 cm³/mol. The van der Waals surface area contributed by atoms with E-state index < -0.39 is 0 Å². The van der Waals surface area contributed by atoms with E-state index in [0.29, 0.717) is 12.5 Å². The first-order valence-corrected chi connectivity index (χ1v) is 6.73. The fourth-order valence-corrected chi connectivity index (χ4v) is 2.09. The zero-order valence-corrected chi connectivity index (χ0v) is 12.1. The first-order chi connectivity index (χ1) is 8.47. The second-order valence-corrected chi connectivity index (χ2v) is 5.60. The van der Waals surface area contributed by atoms with Crippen LogP contribution < -0.4 is 0 Å². The van der Waals surface area contributed by atoms with Crippen molar-refractivity contribution in [1.29, 1.82) is 0 Å². The van der Waals surface area contributed by atoms with Gasteiger partial charge in [-0.3, -0.25) is 9.69 Å². The zero-order chi connectivity index (χ0) is 13.5. The SMILES string of the molecule is CC(=O)CN(C)CCc1ccc(CC(C)C)cc1. The number of benzene rings is 1. The largest absolute Gasteiger partial charge is 0.299 e. The lowest BCUT2D eigenvalue weighted by molar-refractivity contribution is -0.117. The summed E-state index contributed by atoms with van der Waals surface area (Å²) >= 11 is 0. The molecule has 0 fully saturated rings. The van der Waals surface area contributed by atoms with Gasteiger partial charge in [-0.1, -0.05) is 38.1 Å². The Morgan fingerprint density at radius 1 is 1.17 bits per heavy atom. The quantitative estimate of drug-likeness (QED) is 0.738. The lowest BCUT2D eigenvalue weighted by Gasteiger charge is -2.14. The predicted octanol–water partition coefficient (Wildman–Crippen LogP) is 2.95. The number of Topliss-reactive ketones (excluding diaryl/α,β-unsaturated/α-hetero) is 1. The van der Waals surface area contributed by atoms with E-state index in [1.54, 1.807) is 6.92 Å². The van der Waals surface area contributed by atoms with Gasteiger partial charge in [0.25, 0.3) is 0 Å². The molecule has 1 rings (SSSR count). The van der Waals surface area contributed by atoms with Gasteiger partial charge in [-0.05, 0) is 43.9 Å². The van der Waals surface area contributed by atoms with Gasteiger partial charge in [0.1, 0.15) is 5.78 Å². The number of rotatable bonds is 7. The Balaban J connectivity index is 2.41. The molecule has 18 heavy (non-hydrogen) atoms. The molecule has 0 saturated carbocycles. The number of likely N-dealkylation sites (N-methyl/N-ethyl adjacent to an activating group) is 1. The van der Waals surface area contributed by atoms with Crippen molar-refractivity contribution >= 4 is 5.78 Å². The van der Waals surface area contributed by atoms with Crippen molar-refractivity contribution in [1.82, 2.24) is 4.90 Å². The molecule has 0 spiro atoms. The number of hydrogen-bond donors (Lipinski definition) is 0. The van der Waals surface area contributed by atoms with E-state index >= 15 is 0 Å². The van der Waals surface area contributed by atoms with Gasteiger partial charge in [0, 0.05) is 6.54 Å². The summed E-state index contributed by atoms with van der Waals surface area (Å²) in [5, 5.41) is 0. The second kappa shape index (κ2) is 7.32. The van der Waals surface area contributed by atoms with Crippen LogP contribution in [-0.2, 0) is 17.6 Å². The van der Waals surface area contributed by atoms with Crippen LogP contribution >= 0.6 is 0 Å². The maximum Gasteiger partial charge on any atom is 0.143 e. The van der Waals surface area contributed by atoms with Gasteiger partial charge in [-0.2, -0.15) is 0 Å². The number of nitrogens with zero attached hydrogens (tertiary/aromatic N) is 1. The highest BCUT2D eigenvalue weighted by molar-refractivity contribution is 5.77. The summed E-state index contributed by atoms with van der Waals surface area (Å²) in [7, 11) is 1.99. The van der Waals surface area contributed by atoms with Crippen molar-refractivity contribution < 1.29 is 4.79 Å². The molecule has 2 nitrogen and oxygen atoms in total. The average Bonchev–Trinajstić information content (AvgIpc) is 2.26. The lowest BCUT2D eigenvalue weighted by atomic mass is 10.0.